The fraction of sp³-hybridized carbons (Fsp3) is 0.556. The van der Waals surface area contributed by atoms with Crippen LogP contribution in [0.15, 0.2) is 24.3 Å². The van der Waals surface area contributed by atoms with Crippen LogP contribution in [0.5, 0.6) is 0 Å². The zero-order valence-corrected chi connectivity index (χ0v) is 5.33. The summed E-state index contributed by atoms with van der Waals surface area (Å²) in [6.45, 7) is 0. The second-order valence-corrected chi connectivity index (χ2v) is 3.49. The zero-order chi connectivity index (χ0) is 5.84. The standard InChI is InChI=1S/C9H10/c1-2-7-5-6(1)8-3-4-9(7)8/h1-4,6-9H,5H2/t6-,7-,8-,9-/m0/s1. The lowest BCUT2D eigenvalue weighted by molar-refractivity contribution is 0.401. The van der Waals surface area contributed by atoms with Gasteiger partial charge in [-0.2, -0.15) is 0 Å². The Balaban J connectivity index is 2.10. The average Bonchev–Trinajstić information content (AvgIpc) is 2.18. The van der Waals surface area contributed by atoms with Gasteiger partial charge in [0.2, 0.25) is 0 Å². The van der Waals surface area contributed by atoms with Crippen LogP contribution in [0.2, 0.25) is 0 Å². The first-order chi connectivity index (χ1) is 4.45. The van der Waals surface area contributed by atoms with Crippen LogP contribution < -0.4 is 0 Å². The Morgan fingerprint density at radius 3 is 1.67 bits per heavy atom. The predicted molar refractivity (Wildman–Crippen MR) is 36.9 cm³/mol. The second kappa shape index (κ2) is 1.16. The van der Waals surface area contributed by atoms with E-state index in [1.807, 2.05) is 0 Å². The maximum atomic E-state index is 2.41. The topological polar surface area (TPSA) is 0 Å². The molecule has 0 heterocycles. The monoisotopic (exact) mass is 118 g/mol. The van der Waals surface area contributed by atoms with Crippen LogP contribution in [-0.2, 0) is 0 Å². The van der Waals surface area contributed by atoms with E-state index in [2.05, 4.69) is 24.3 Å². The molecule has 2 bridgehead atoms. The molecular formula is C9H10. The summed E-state index contributed by atoms with van der Waals surface area (Å²) >= 11 is 0. The molecule has 0 aromatic carbocycles. The van der Waals surface area contributed by atoms with Gasteiger partial charge in [0, 0.05) is 0 Å². The van der Waals surface area contributed by atoms with Crippen molar-refractivity contribution < 1.29 is 0 Å². The van der Waals surface area contributed by atoms with E-state index in [9.17, 15) is 0 Å². The molecule has 0 nitrogen and oxygen atoms in total. The Morgan fingerprint density at radius 2 is 1.33 bits per heavy atom. The van der Waals surface area contributed by atoms with Gasteiger partial charge in [-0.3, -0.25) is 0 Å². The van der Waals surface area contributed by atoms with Crippen molar-refractivity contribution in [2.75, 3.05) is 0 Å². The molecule has 0 aromatic heterocycles. The third kappa shape index (κ3) is 0.346. The van der Waals surface area contributed by atoms with Gasteiger partial charge in [-0.05, 0) is 30.1 Å². The van der Waals surface area contributed by atoms with Crippen LogP contribution in [0.4, 0.5) is 0 Å². The highest BCUT2D eigenvalue weighted by atomic mass is 14.5. The summed E-state index contributed by atoms with van der Waals surface area (Å²) in [5, 5.41) is 0. The normalized spacial score (nSPS) is 57.8. The first-order valence-electron chi connectivity index (χ1n) is 3.82. The maximum absolute atomic E-state index is 2.41. The van der Waals surface area contributed by atoms with Crippen molar-refractivity contribution in [3.63, 3.8) is 0 Å². The molecule has 46 valence electrons. The van der Waals surface area contributed by atoms with Crippen LogP contribution >= 0.6 is 0 Å². The van der Waals surface area contributed by atoms with Gasteiger partial charge in [-0.25, -0.2) is 0 Å². The minimum atomic E-state index is 0.935. The first-order valence-corrected chi connectivity index (χ1v) is 3.82. The van der Waals surface area contributed by atoms with Gasteiger partial charge in [0.15, 0.2) is 0 Å². The lowest BCUT2D eigenvalue weighted by Gasteiger charge is -2.29. The molecule has 0 radical (unpaired) electrons. The molecule has 1 saturated carbocycles. The molecular weight excluding hydrogens is 108 g/mol. The smallest absolute Gasteiger partial charge is 0.0102 e. The molecule has 9 heavy (non-hydrogen) atoms. The first kappa shape index (κ1) is 4.32. The van der Waals surface area contributed by atoms with Crippen LogP contribution in [0.1, 0.15) is 6.42 Å². The Kier molecular flexibility index (Phi) is 0.555. The SMILES string of the molecule is C1=C[C@@H]2[C@@H]1[C@H]1C=C[C@H]2C1. The van der Waals surface area contributed by atoms with E-state index >= 15 is 0 Å². The summed E-state index contributed by atoms with van der Waals surface area (Å²) < 4.78 is 0. The highest BCUT2D eigenvalue weighted by Crippen LogP contribution is 2.53. The van der Waals surface area contributed by atoms with Gasteiger partial charge in [0.05, 0.1) is 0 Å². The van der Waals surface area contributed by atoms with Crippen molar-refractivity contribution in [2.45, 2.75) is 6.42 Å². The van der Waals surface area contributed by atoms with Crippen molar-refractivity contribution in [2.24, 2.45) is 23.7 Å². The number of allylic oxidation sites excluding steroid dienone is 4. The lowest BCUT2D eigenvalue weighted by Crippen LogP contribution is -2.22. The van der Waals surface area contributed by atoms with Gasteiger partial charge in [0.1, 0.15) is 0 Å². The molecule has 0 aromatic rings. The summed E-state index contributed by atoms with van der Waals surface area (Å²) in [6, 6.07) is 0. The van der Waals surface area contributed by atoms with E-state index in [4.69, 9.17) is 0 Å². The molecule has 3 rings (SSSR count). The molecule has 3 aliphatic carbocycles. The van der Waals surface area contributed by atoms with E-state index < -0.39 is 0 Å². The number of rotatable bonds is 0. The van der Waals surface area contributed by atoms with Gasteiger partial charge in [-0.1, -0.05) is 24.3 Å². The van der Waals surface area contributed by atoms with Crippen molar-refractivity contribution in [1.29, 1.82) is 0 Å². The quantitative estimate of drug-likeness (QED) is 0.427. The van der Waals surface area contributed by atoms with Gasteiger partial charge < -0.3 is 0 Å². The number of fused-ring (bicyclic) bond motifs is 5. The Labute approximate surface area is 55.3 Å². The highest BCUT2D eigenvalue weighted by molar-refractivity contribution is 5.27. The molecule has 0 aliphatic heterocycles. The van der Waals surface area contributed by atoms with E-state index in [1.54, 1.807) is 0 Å². The molecule has 0 heteroatoms. The molecule has 0 unspecified atom stereocenters. The molecule has 3 aliphatic rings. The van der Waals surface area contributed by atoms with Crippen LogP contribution in [0.3, 0.4) is 0 Å². The molecule has 0 saturated heterocycles. The van der Waals surface area contributed by atoms with Crippen LogP contribution in [0, 0.1) is 23.7 Å². The zero-order valence-electron chi connectivity index (χ0n) is 5.33. The minimum absolute atomic E-state index is 0.935. The number of hydrogen-bond donors (Lipinski definition) is 0. The molecule has 1 fully saturated rings. The summed E-state index contributed by atoms with van der Waals surface area (Å²) in [4.78, 5) is 0. The van der Waals surface area contributed by atoms with Crippen molar-refractivity contribution in [3.8, 4) is 0 Å². The van der Waals surface area contributed by atoms with Gasteiger partial charge >= 0.3 is 0 Å². The Morgan fingerprint density at radius 1 is 0.778 bits per heavy atom. The highest BCUT2D eigenvalue weighted by Gasteiger charge is 2.45. The largest absolute Gasteiger partial charge is 0.0845 e. The summed E-state index contributed by atoms with van der Waals surface area (Å²) in [7, 11) is 0. The Bertz CT molecular complexity index is 176. The number of hydrogen-bond acceptors (Lipinski definition) is 0. The maximum Gasteiger partial charge on any atom is -0.0102 e. The fourth-order valence-corrected chi connectivity index (χ4v) is 2.55. The molecule has 0 amide bonds. The van der Waals surface area contributed by atoms with Crippen LogP contribution in [0.25, 0.3) is 0 Å². The van der Waals surface area contributed by atoms with E-state index in [0.29, 0.717) is 0 Å². The summed E-state index contributed by atoms with van der Waals surface area (Å²) in [5.41, 5.74) is 0. The van der Waals surface area contributed by atoms with Gasteiger partial charge in [0.25, 0.3) is 0 Å². The van der Waals surface area contributed by atoms with Crippen molar-refractivity contribution in [1.82, 2.24) is 0 Å². The predicted octanol–water partition coefficient (Wildman–Crippen LogP) is 1.99. The molecule has 4 atom stereocenters. The van der Waals surface area contributed by atoms with Crippen LogP contribution in [-0.4, -0.2) is 0 Å². The fourth-order valence-electron chi connectivity index (χ4n) is 2.55. The summed E-state index contributed by atoms with van der Waals surface area (Å²) in [6.07, 6.45) is 11.0. The molecule has 0 spiro atoms. The van der Waals surface area contributed by atoms with Gasteiger partial charge in [-0.15, -0.1) is 0 Å². The Hall–Kier alpha value is -0.520. The minimum Gasteiger partial charge on any atom is -0.0845 e. The third-order valence-corrected chi connectivity index (χ3v) is 3.14. The summed E-state index contributed by atoms with van der Waals surface area (Å²) in [5.74, 6) is 3.79. The molecule has 0 N–H and O–H groups in total. The average molecular weight is 118 g/mol. The van der Waals surface area contributed by atoms with E-state index in [1.165, 1.54) is 6.42 Å². The third-order valence-electron chi connectivity index (χ3n) is 3.14. The van der Waals surface area contributed by atoms with Crippen molar-refractivity contribution >= 4 is 0 Å². The van der Waals surface area contributed by atoms with E-state index in [0.717, 1.165) is 23.7 Å². The lowest BCUT2D eigenvalue weighted by atomic mass is 9.75. The van der Waals surface area contributed by atoms with Crippen molar-refractivity contribution in [3.05, 3.63) is 24.3 Å². The second-order valence-electron chi connectivity index (χ2n) is 3.49. The van der Waals surface area contributed by atoms with E-state index in [-0.39, 0.29) is 0 Å².